The molecule has 3 nitrogen and oxygen atoms in total. The lowest BCUT2D eigenvalue weighted by Gasteiger charge is -1.93. The van der Waals surface area contributed by atoms with Gasteiger partial charge in [-0.1, -0.05) is 30.3 Å². The summed E-state index contributed by atoms with van der Waals surface area (Å²) in [6.45, 7) is 1.53. The molecule has 1 aromatic carbocycles. The second-order valence-corrected chi connectivity index (χ2v) is 6.51. The highest BCUT2D eigenvalue weighted by molar-refractivity contribution is 7.18. The minimum atomic E-state index is -0.00656. The molecule has 2 aromatic heterocycles. The van der Waals surface area contributed by atoms with Gasteiger partial charge < -0.3 is 0 Å². The topological polar surface area (TPSA) is 42.9 Å². The van der Waals surface area contributed by atoms with E-state index in [4.69, 9.17) is 11.6 Å². The summed E-state index contributed by atoms with van der Waals surface area (Å²) in [5.74, 6) is 0.231. The molecule has 0 N–H and O–H groups in total. The van der Waals surface area contributed by atoms with Gasteiger partial charge in [0.1, 0.15) is 15.7 Å². The van der Waals surface area contributed by atoms with Crippen LogP contribution in [0, 0.1) is 0 Å². The van der Waals surface area contributed by atoms with Gasteiger partial charge in [0.25, 0.3) is 0 Å². The molecule has 0 aliphatic carbocycles. The summed E-state index contributed by atoms with van der Waals surface area (Å²) < 4.78 is 0. The van der Waals surface area contributed by atoms with Crippen LogP contribution in [-0.2, 0) is 5.88 Å². The third-order valence-electron chi connectivity index (χ3n) is 2.89. The smallest absolute Gasteiger partial charge is 0.171 e. The van der Waals surface area contributed by atoms with Crippen LogP contribution in [0.2, 0.25) is 0 Å². The third-order valence-corrected chi connectivity index (χ3v) is 5.25. The maximum atomic E-state index is 11.6. The van der Waals surface area contributed by atoms with E-state index < -0.39 is 0 Å². The summed E-state index contributed by atoms with van der Waals surface area (Å²) in [6, 6.07) is 9.99. The maximum Gasteiger partial charge on any atom is 0.171 e. The van der Waals surface area contributed by atoms with Gasteiger partial charge in [-0.05, 0) is 0 Å². The van der Waals surface area contributed by atoms with Crippen molar-refractivity contribution in [2.75, 3.05) is 0 Å². The number of aromatic nitrogens is 2. The lowest BCUT2D eigenvalue weighted by Crippen LogP contribution is -1.92. The first-order chi connectivity index (χ1) is 10.2. The largest absolute Gasteiger partial charge is 0.294 e. The van der Waals surface area contributed by atoms with E-state index >= 15 is 0 Å². The van der Waals surface area contributed by atoms with Crippen LogP contribution < -0.4 is 0 Å². The van der Waals surface area contributed by atoms with Gasteiger partial charge in [0, 0.05) is 17.9 Å². The molecule has 3 aromatic rings. The highest BCUT2D eigenvalue weighted by atomic mass is 35.5. The van der Waals surface area contributed by atoms with E-state index in [1.807, 2.05) is 35.7 Å². The minimum Gasteiger partial charge on any atom is -0.294 e. The number of thiazole rings is 2. The molecule has 0 aliphatic rings. The fraction of sp³-hybridized carbons (Fsp3) is 0.133. The number of carbonyl (C=O) groups is 1. The van der Waals surface area contributed by atoms with Crippen LogP contribution in [0.3, 0.4) is 0 Å². The zero-order valence-electron chi connectivity index (χ0n) is 11.2. The molecule has 0 bridgehead atoms. The van der Waals surface area contributed by atoms with Crippen molar-refractivity contribution in [2.24, 2.45) is 0 Å². The van der Waals surface area contributed by atoms with Crippen molar-refractivity contribution in [3.8, 4) is 21.3 Å². The number of alkyl halides is 1. The van der Waals surface area contributed by atoms with Crippen LogP contribution in [0.25, 0.3) is 21.3 Å². The van der Waals surface area contributed by atoms with Gasteiger partial charge in [0.2, 0.25) is 0 Å². The average molecular weight is 335 g/mol. The number of halogens is 1. The van der Waals surface area contributed by atoms with E-state index in [1.54, 1.807) is 11.3 Å². The number of rotatable bonds is 4. The molecule has 0 radical (unpaired) electrons. The number of carbonyl (C=O) groups excluding carboxylic acids is 1. The van der Waals surface area contributed by atoms with Gasteiger partial charge in [0.15, 0.2) is 5.78 Å². The van der Waals surface area contributed by atoms with Gasteiger partial charge in [-0.25, -0.2) is 9.97 Å². The fourth-order valence-electron chi connectivity index (χ4n) is 1.91. The lowest BCUT2D eigenvalue weighted by molar-refractivity contribution is 0.102. The van der Waals surface area contributed by atoms with Gasteiger partial charge in [-0.3, -0.25) is 4.79 Å². The first kappa shape index (κ1) is 14.4. The van der Waals surface area contributed by atoms with Crippen LogP contribution in [0.1, 0.15) is 22.3 Å². The second kappa shape index (κ2) is 6.05. The van der Waals surface area contributed by atoms with Crippen molar-refractivity contribution in [1.82, 2.24) is 9.97 Å². The molecule has 0 fully saturated rings. The Labute approximate surface area is 135 Å². The van der Waals surface area contributed by atoms with E-state index in [2.05, 4.69) is 9.97 Å². The van der Waals surface area contributed by atoms with Gasteiger partial charge >= 0.3 is 0 Å². The Kier molecular flexibility index (Phi) is 4.14. The Morgan fingerprint density at radius 3 is 2.57 bits per heavy atom. The number of nitrogens with zero attached hydrogens (tertiary/aromatic N) is 2. The molecular formula is C15H11ClN2OS2. The number of hydrogen-bond acceptors (Lipinski definition) is 5. The summed E-state index contributed by atoms with van der Waals surface area (Å²) in [5.41, 5.74) is 2.51. The number of hydrogen-bond donors (Lipinski definition) is 0. The van der Waals surface area contributed by atoms with Gasteiger partial charge in [0.05, 0.1) is 16.5 Å². The van der Waals surface area contributed by atoms with E-state index in [0.717, 1.165) is 21.3 Å². The molecule has 3 rings (SSSR count). The summed E-state index contributed by atoms with van der Waals surface area (Å²) in [6.07, 6.45) is 0. The molecule has 0 amide bonds. The van der Waals surface area contributed by atoms with Gasteiger partial charge in [-0.15, -0.1) is 34.3 Å². The SMILES string of the molecule is CC(=O)c1sc(-c2csc(-c3ccccc3)n2)nc1CCl. The highest BCUT2D eigenvalue weighted by Crippen LogP contribution is 2.33. The number of benzene rings is 1. The molecule has 0 aliphatic heterocycles. The minimum absolute atomic E-state index is 0.00656. The van der Waals surface area contributed by atoms with Crippen LogP contribution in [0.15, 0.2) is 35.7 Å². The Balaban J connectivity index is 1.99. The second-order valence-electron chi connectivity index (χ2n) is 4.39. The summed E-state index contributed by atoms with van der Waals surface area (Å²) in [7, 11) is 0. The quantitative estimate of drug-likeness (QED) is 0.504. The molecule has 0 saturated heterocycles. The predicted octanol–water partition coefficient (Wildman–Crippen LogP) is 4.88. The van der Waals surface area contributed by atoms with Gasteiger partial charge in [-0.2, -0.15) is 0 Å². The maximum absolute atomic E-state index is 11.6. The number of Topliss-reactive ketones (excluding diaryl/α,β-unsaturated/α-hetero) is 1. The van der Waals surface area contributed by atoms with E-state index in [-0.39, 0.29) is 11.7 Å². The van der Waals surface area contributed by atoms with Crippen molar-refractivity contribution < 1.29 is 4.79 Å². The number of ketones is 1. The first-order valence-corrected chi connectivity index (χ1v) is 8.50. The normalized spacial score (nSPS) is 10.8. The van der Waals surface area contributed by atoms with Crippen molar-refractivity contribution in [1.29, 1.82) is 0 Å². The molecular weight excluding hydrogens is 324 g/mol. The molecule has 0 saturated carbocycles. The average Bonchev–Trinajstić information content (AvgIpc) is 3.14. The van der Waals surface area contributed by atoms with E-state index in [9.17, 15) is 4.79 Å². The molecule has 0 spiro atoms. The Morgan fingerprint density at radius 1 is 1.19 bits per heavy atom. The predicted molar refractivity (Wildman–Crippen MR) is 88.2 cm³/mol. The summed E-state index contributed by atoms with van der Waals surface area (Å²) >= 11 is 8.77. The summed E-state index contributed by atoms with van der Waals surface area (Å²) in [5, 5.41) is 3.65. The standard InChI is InChI=1S/C15H11ClN2OS2/c1-9(19)13-11(7-16)17-15(21-13)12-8-20-14(18-12)10-5-3-2-4-6-10/h2-6,8H,7H2,1H3. The van der Waals surface area contributed by atoms with Crippen LogP contribution >= 0.6 is 34.3 Å². The summed E-state index contributed by atoms with van der Waals surface area (Å²) in [4.78, 5) is 21.3. The van der Waals surface area contributed by atoms with E-state index in [0.29, 0.717) is 10.6 Å². The monoisotopic (exact) mass is 334 g/mol. The Morgan fingerprint density at radius 2 is 1.95 bits per heavy atom. The Hall–Kier alpha value is -1.56. The Bertz CT molecular complexity index is 780. The van der Waals surface area contributed by atoms with Crippen molar-refractivity contribution >= 4 is 40.1 Å². The molecule has 0 atom stereocenters. The van der Waals surface area contributed by atoms with Crippen molar-refractivity contribution in [3.05, 3.63) is 46.3 Å². The van der Waals surface area contributed by atoms with Crippen molar-refractivity contribution in [2.45, 2.75) is 12.8 Å². The molecule has 6 heteroatoms. The first-order valence-electron chi connectivity index (χ1n) is 6.27. The molecule has 21 heavy (non-hydrogen) atoms. The van der Waals surface area contributed by atoms with Crippen LogP contribution in [-0.4, -0.2) is 15.8 Å². The molecule has 0 unspecified atom stereocenters. The van der Waals surface area contributed by atoms with Crippen LogP contribution in [0.5, 0.6) is 0 Å². The fourth-order valence-corrected chi connectivity index (χ4v) is 4.01. The zero-order valence-corrected chi connectivity index (χ0v) is 13.6. The highest BCUT2D eigenvalue weighted by Gasteiger charge is 2.17. The zero-order chi connectivity index (χ0) is 14.8. The van der Waals surface area contributed by atoms with E-state index in [1.165, 1.54) is 18.3 Å². The van der Waals surface area contributed by atoms with Crippen LogP contribution in [0.4, 0.5) is 0 Å². The third kappa shape index (κ3) is 2.90. The molecule has 2 heterocycles. The molecule has 106 valence electrons. The lowest BCUT2D eigenvalue weighted by atomic mass is 10.2. The van der Waals surface area contributed by atoms with Crippen molar-refractivity contribution in [3.63, 3.8) is 0 Å².